The van der Waals surface area contributed by atoms with E-state index in [-0.39, 0.29) is 32.9 Å². The second-order valence-electron chi connectivity index (χ2n) is 7.67. The Morgan fingerprint density at radius 1 is 0.474 bits per heavy atom. The minimum absolute atomic E-state index is 0.0492. The van der Waals surface area contributed by atoms with Crippen molar-refractivity contribution in [1.29, 1.82) is 0 Å². The third kappa shape index (κ3) is 6.37. The Bertz CT molecular complexity index is 2040. The van der Waals surface area contributed by atoms with E-state index in [0.29, 0.717) is 6.07 Å². The highest BCUT2D eigenvalue weighted by molar-refractivity contribution is 7.87. The van der Waals surface area contributed by atoms with E-state index in [0.717, 1.165) is 18.2 Å². The molecule has 4 aromatic carbocycles. The summed E-state index contributed by atoms with van der Waals surface area (Å²) in [5, 5.41) is 0.135. The molecule has 0 aliphatic carbocycles. The topological polar surface area (TPSA) is 270 Å². The molecule has 204 valence electrons. The van der Waals surface area contributed by atoms with Crippen molar-refractivity contribution >= 4 is 73.4 Å². The van der Waals surface area contributed by atoms with Crippen LogP contribution in [0.5, 0.6) is 0 Å². The van der Waals surface area contributed by atoms with Crippen LogP contribution in [0.15, 0.2) is 80.2 Å². The van der Waals surface area contributed by atoms with Crippen molar-refractivity contribution in [3.05, 3.63) is 60.7 Å². The summed E-state index contributed by atoms with van der Waals surface area (Å²) in [7, 11) is -18.4. The monoisotopic (exact) mass is 606 g/mol. The van der Waals surface area contributed by atoms with Gasteiger partial charge >= 0.3 is 0 Å². The number of anilines is 2. The molecular weight excluding hydrogens is 588 g/mol. The summed E-state index contributed by atoms with van der Waals surface area (Å²) in [6.07, 6.45) is 0. The quantitative estimate of drug-likeness (QED) is 0.143. The number of hydrogen-bond acceptors (Lipinski definition) is 10. The predicted octanol–water partition coefficient (Wildman–Crippen LogP) is 1.83. The summed E-state index contributed by atoms with van der Waals surface area (Å²) in [6, 6.07) is 11.7. The van der Waals surface area contributed by atoms with E-state index in [1.807, 2.05) is 0 Å². The molecule has 0 amide bonds. The van der Waals surface area contributed by atoms with Crippen molar-refractivity contribution in [3.8, 4) is 0 Å². The van der Waals surface area contributed by atoms with Crippen molar-refractivity contribution in [2.24, 2.45) is 0 Å². The highest BCUT2D eigenvalue weighted by Gasteiger charge is 2.21. The van der Waals surface area contributed by atoms with Gasteiger partial charge in [0.1, 0.15) is 14.7 Å². The van der Waals surface area contributed by atoms with E-state index >= 15 is 0 Å². The molecule has 0 saturated carbocycles. The van der Waals surface area contributed by atoms with Crippen LogP contribution >= 0.6 is 0 Å². The van der Waals surface area contributed by atoms with E-state index in [1.54, 1.807) is 0 Å². The van der Waals surface area contributed by atoms with Gasteiger partial charge in [-0.15, -0.1) is 0 Å². The Morgan fingerprint density at radius 2 is 1.00 bits per heavy atom. The standard InChI is InChI=1S/2C10H9NO6S2/c11-7-2-1-6-3-8(18(12,13)14)5-10(9(6)4-7)19(15,16)17;11-6-4-8-7(10(5-6)19(15,16)17)2-1-3-9(8)18(12,13)14/h2*1-5H,11H2,(H,12,13,14)(H,15,16,17). The molecule has 0 fully saturated rings. The number of benzene rings is 4. The Balaban J connectivity index is 0.000000211. The van der Waals surface area contributed by atoms with Gasteiger partial charge in [0.05, 0.1) is 4.90 Å². The lowest BCUT2D eigenvalue weighted by Gasteiger charge is -2.08. The lowest BCUT2D eigenvalue weighted by atomic mass is 10.1. The maximum atomic E-state index is 11.3. The molecule has 0 aliphatic rings. The molecule has 0 saturated heterocycles. The average Bonchev–Trinajstić information content (AvgIpc) is 2.75. The van der Waals surface area contributed by atoms with Gasteiger partial charge in [0.2, 0.25) is 0 Å². The van der Waals surface area contributed by atoms with E-state index in [2.05, 4.69) is 0 Å². The van der Waals surface area contributed by atoms with Crippen LogP contribution in [0.25, 0.3) is 21.5 Å². The summed E-state index contributed by atoms with van der Waals surface area (Å²) in [6.45, 7) is 0. The van der Waals surface area contributed by atoms with Gasteiger partial charge in [-0.05, 0) is 47.9 Å². The van der Waals surface area contributed by atoms with Gasteiger partial charge in [-0.25, -0.2) is 0 Å². The van der Waals surface area contributed by atoms with Crippen LogP contribution in [-0.4, -0.2) is 51.9 Å². The molecule has 0 spiro atoms. The van der Waals surface area contributed by atoms with Gasteiger partial charge in [-0.3, -0.25) is 18.2 Å². The molecule has 0 aliphatic heterocycles. The van der Waals surface area contributed by atoms with Gasteiger partial charge in [0.25, 0.3) is 40.5 Å². The van der Waals surface area contributed by atoms with E-state index in [4.69, 9.17) is 29.7 Å². The minimum Gasteiger partial charge on any atom is -0.399 e. The summed E-state index contributed by atoms with van der Waals surface area (Å²) >= 11 is 0. The maximum absolute atomic E-state index is 11.3. The van der Waals surface area contributed by atoms with Crippen molar-refractivity contribution in [3.63, 3.8) is 0 Å². The zero-order valence-corrected chi connectivity index (χ0v) is 21.9. The summed E-state index contributed by atoms with van der Waals surface area (Å²) in [5.41, 5.74) is 11.2. The Kier molecular flexibility index (Phi) is 7.49. The Morgan fingerprint density at radius 3 is 1.53 bits per heavy atom. The number of rotatable bonds is 4. The first-order valence-corrected chi connectivity index (χ1v) is 15.5. The largest absolute Gasteiger partial charge is 0.399 e. The van der Waals surface area contributed by atoms with E-state index in [1.165, 1.54) is 36.4 Å². The Hall–Kier alpha value is -3.36. The zero-order chi connectivity index (χ0) is 28.8. The smallest absolute Gasteiger partial charge is 0.295 e. The molecule has 0 heterocycles. The third-order valence-corrected chi connectivity index (χ3v) is 8.52. The molecule has 8 N–H and O–H groups in total. The number of fused-ring (bicyclic) bond motifs is 2. The van der Waals surface area contributed by atoms with Gasteiger partial charge < -0.3 is 11.5 Å². The summed E-state index contributed by atoms with van der Waals surface area (Å²) in [4.78, 5) is -2.27. The average molecular weight is 607 g/mol. The lowest BCUT2D eigenvalue weighted by Crippen LogP contribution is -2.04. The van der Waals surface area contributed by atoms with E-state index < -0.39 is 60.1 Å². The van der Waals surface area contributed by atoms with Crippen molar-refractivity contribution in [1.82, 2.24) is 0 Å². The van der Waals surface area contributed by atoms with Crippen molar-refractivity contribution in [2.45, 2.75) is 19.6 Å². The van der Waals surface area contributed by atoms with Crippen molar-refractivity contribution in [2.75, 3.05) is 11.5 Å². The molecular formula is C20H18N2O12S4. The lowest BCUT2D eigenvalue weighted by molar-refractivity contribution is 0.479. The van der Waals surface area contributed by atoms with Crippen LogP contribution in [0, 0.1) is 0 Å². The SMILES string of the molecule is Nc1cc(S(=O)(=O)O)c2cccc(S(=O)(=O)O)c2c1.Nc1ccc2cc(S(=O)(=O)O)cc(S(=O)(=O)O)c2c1. The Labute approximate surface area is 216 Å². The fourth-order valence-electron chi connectivity index (χ4n) is 3.46. The van der Waals surface area contributed by atoms with Crippen LogP contribution in [0.3, 0.4) is 0 Å². The molecule has 14 nitrogen and oxygen atoms in total. The predicted molar refractivity (Wildman–Crippen MR) is 136 cm³/mol. The molecule has 4 rings (SSSR count). The molecule has 18 heteroatoms. The second kappa shape index (κ2) is 9.75. The molecule has 0 aromatic heterocycles. The van der Waals surface area contributed by atoms with Crippen molar-refractivity contribution < 1.29 is 51.9 Å². The second-order valence-corrected chi connectivity index (χ2v) is 13.3. The van der Waals surface area contributed by atoms with Gasteiger partial charge in [-0.1, -0.05) is 18.2 Å². The van der Waals surface area contributed by atoms with Gasteiger partial charge in [0.15, 0.2) is 0 Å². The van der Waals surface area contributed by atoms with Crippen LogP contribution < -0.4 is 11.5 Å². The van der Waals surface area contributed by atoms with E-state index in [9.17, 15) is 33.7 Å². The summed E-state index contributed by atoms with van der Waals surface area (Å²) in [5.74, 6) is 0. The van der Waals surface area contributed by atoms with Crippen LogP contribution in [0.4, 0.5) is 11.4 Å². The minimum atomic E-state index is -4.66. The molecule has 4 aromatic rings. The number of nitrogens with two attached hydrogens (primary N) is 2. The first kappa shape index (κ1) is 29.2. The molecule has 38 heavy (non-hydrogen) atoms. The van der Waals surface area contributed by atoms with Gasteiger partial charge in [-0.2, -0.15) is 33.7 Å². The van der Waals surface area contributed by atoms with Crippen LogP contribution in [0.1, 0.15) is 0 Å². The summed E-state index contributed by atoms with van der Waals surface area (Å²) < 4.78 is 126. The maximum Gasteiger partial charge on any atom is 0.295 e. The highest BCUT2D eigenvalue weighted by Crippen LogP contribution is 2.31. The van der Waals surface area contributed by atoms with Crippen LogP contribution in [0.2, 0.25) is 0 Å². The zero-order valence-electron chi connectivity index (χ0n) is 18.6. The normalized spacial score (nSPS) is 12.7. The fourth-order valence-corrected chi connectivity index (χ4v) is 6.25. The fraction of sp³-hybridized carbons (Fsp3) is 0. The highest BCUT2D eigenvalue weighted by atomic mass is 32.2. The van der Waals surface area contributed by atoms with Gasteiger partial charge in [0, 0.05) is 27.5 Å². The molecule has 0 bridgehead atoms. The number of hydrogen-bond donors (Lipinski definition) is 6. The third-order valence-electron chi connectivity index (χ3n) is 4.99. The van der Waals surface area contributed by atoms with Crippen LogP contribution in [-0.2, 0) is 40.5 Å². The molecule has 0 radical (unpaired) electrons. The molecule has 0 atom stereocenters. The molecule has 0 unspecified atom stereocenters. The first-order valence-electron chi connectivity index (χ1n) is 9.75. The first-order chi connectivity index (χ1) is 17.2. The number of nitrogen functional groups attached to an aromatic ring is 2.